The van der Waals surface area contributed by atoms with Crippen molar-refractivity contribution >= 4 is 5.97 Å². The first kappa shape index (κ1) is 24.7. The molecule has 1 aromatic carbocycles. The highest BCUT2D eigenvalue weighted by Gasteiger charge is 2.05. The normalized spacial score (nSPS) is 10.9. The molecule has 1 aromatic rings. The summed E-state index contributed by atoms with van der Waals surface area (Å²) in [5.74, 6) is 0.605. The molecule has 0 bridgehead atoms. The Morgan fingerprint density at radius 3 is 1.86 bits per heavy atom. The highest BCUT2D eigenvalue weighted by atomic mass is 16.5. The second-order valence-electron chi connectivity index (χ2n) is 8.22. The molecule has 0 unspecified atom stereocenters. The maximum absolute atomic E-state index is 11.8. The van der Waals surface area contributed by atoms with E-state index in [1.807, 2.05) is 18.2 Å². The van der Waals surface area contributed by atoms with Crippen molar-refractivity contribution in [2.24, 2.45) is 0 Å². The Kier molecular flexibility index (Phi) is 15.7. The molecule has 0 aliphatic carbocycles. The minimum Gasteiger partial charge on any atom is -0.427 e. The topological polar surface area (TPSA) is 26.3 Å². The molecule has 2 nitrogen and oxygen atoms in total. The quantitative estimate of drug-likeness (QED) is 0.143. The van der Waals surface area contributed by atoms with E-state index in [0.717, 1.165) is 25.7 Å². The van der Waals surface area contributed by atoms with Crippen LogP contribution < -0.4 is 4.74 Å². The molecule has 0 radical (unpaired) electrons. The number of benzene rings is 1. The number of hydrogen-bond acceptors (Lipinski definition) is 2. The fourth-order valence-corrected chi connectivity index (χ4v) is 3.64. The van der Waals surface area contributed by atoms with Gasteiger partial charge in [-0.1, -0.05) is 109 Å². The van der Waals surface area contributed by atoms with Gasteiger partial charge >= 0.3 is 5.97 Å². The number of ether oxygens (including phenoxy) is 1. The summed E-state index contributed by atoms with van der Waals surface area (Å²) in [4.78, 5) is 11.8. The van der Waals surface area contributed by atoms with Crippen molar-refractivity contribution in [1.82, 2.24) is 0 Å². The van der Waals surface area contributed by atoms with Crippen LogP contribution in [0.1, 0.15) is 122 Å². The van der Waals surface area contributed by atoms with E-state index in [4.69, 9.17) is 4.74 Å². The smallest absolute Gasteiger partial charge is 0.311 e. The molecule has 0 saturated carbocycles. The molecule has 0 heterocycles. The Bertz CT molecular complexity index is 495. The molecule has 28 heavy (non-hydrogen) atoms. The van der Waals surface area contributed by atoms with Crippen LogP contribution in [0, 0.1) is 0 Å². The summed E-state index contributed by atoms with van der Waals surface area (Å²) in [5, 5.41) is 0. The van der Waals surface area contributed by atoms with Crippen LogP contribution in [0.3, 0.4) is 0 Å². The van der Waals surface area contributed by atoms with Crippen molar-refractivity contribution in [3.8, 4) is 5.75 Å². The third-order valence-corrected chi connectivity index (χ3v) is 5.43. The van der Waals surface area contributed by atoms with Gasteiger partial charge in [-0.3, -0.25) is 4.79 Å². The Labute approximate surface area is 174 Å². The summed E-state index contributed by atoms with van der Waals surface area (Å²) >= 11 is 0. The lowest BCUT2D eigenvalue weighted by molar-refractivity contribution is -0.134. The molecule has 1 rings (SSSR count). The zero-order valence-electron chi connectivity index (χ0n) is 18.6. The van der Waals surface area contributed by atoms with E-state index in [-0.39, 0.29) is 5.97 Å². The van der Waals surface area contributed by atoms with E-state index >= 15 is 0 Å². The largest absolute Gasteiger partial charge is 0.427 e. The van der Waals surface area contributed by atoms with Crippen molar-refractivity contribution in [3.05, 3.63) is 29.8 Å². The Morgan fingerprint density at radius 2 is 1.25 bits per heavy atom. The minimum atomic E-state index is -0.101. The first-order valence-electron chi connectivity index (χ1n) is 12.1. The predicted molar refractivity (Wildman–Crippen MR) is 121 cm³/mol. The minimum absolute atomic E-state index is 0.101. The number of hydrogen-bond donors (Lipinski definition) is 0. The summed E-state index contributed by atoms with van der Waals surface area (Å²) in [6.07, 6.45) is 21.3. The van der Waals surface area contributed by atoms with E-state index in [1.54, 1.807) is 0 Å². The Morgan fingerprint density at radius 1 is 0.714 bits per heavy atom. The summed E-state index contributed by atoms with van der Waals surface area (Å²) in [5.41, 5.74) is 1.28. The van der Waals surface area contributed by atoms with Crippen molar-refractivity contribution in [2.45, 2.75) is 123 Å². The average Bonchev–Trinajstić information content (AvgIpc) is 2.69. The highest BCUT2D eigenvalue weighted by molar-refractivity contribution is 5.72. The second-order valence-corrected chi connectivity index (χ2v) is 8.22. The number of unbranched alkanes of at least 4 members (excludes halogenated alkanes) is 13. The van der Waals surface area contributed by atoms with Crippen LogP contribution in [-0.2, 0) is 11.2 Å². The van der Waals surface area contributed by atoms with Crippen molar-refractivity contribution in [1.29, 1.82) is 0 Å². The molecule has 0 N–H and O–H groups in total. The van der Waals surface area contributed by atoms with E-state index in [9.17, 15) is 4.79 Å². The lowest BCUT2D eigenvalue weighted by Crippen LogP contribution is -2.07. The molecule has 0 aliphatic rings. The molecule has 0 aliphatic heterocycles. The molecule has 0 amide bonds. The van der Waals surface area contributed by atoms with Gasteiger partial charge in [0.25, 0.3) is 0 Å². The molecule has 160 valence electrons. The fraction of sp³-hybridized carbons (Fsp3) is 0.731. The average molecular weight is 389 g/mol. The predicted octanol–water partition coefficient (Wildman–Crippen LogP) is 8.42. The molecule has 0 aromatic heterocycles. The van der Waals surface area contributed by atoms with Gasteiger partial charge in [-0.15, -0.1) is 0 Å². The van der Waals surface area contributed by atoms with Gasteiger partial charge in [-0.25, -0.2) is 0 Å². The van der Waals surface area contributed by atoms with Crippen molar-refractivity contribution < 1.29 is 9.53 Å². The molecule has 0 spiro atoms. The van der Waals surface area contributed by atoms with E-state index in [0.29, 0.717) is 12.2 Å². The Balaban J connectivity index is 2.04. The number of aryl methyl sites for hydroxylation is 1. The van der Waals surface area contributed by atoms with Crippen molar-refractivity contribution in [3.63, 3.8) is 0 Å². The lowest BCUT2D eigenvalue weighted by Gasteiger charge is -2.07. The molecule has 0 saturated heterocycles. The van der Waals surface area contributed by atoms with Crippen LogP contribution in [0.4, 0.5) is 0 Å². The number of esters is 1. The van der Waals surface area contributed by atoms with Gasteiger partial charge in [0.1, 0.15) is 5.75 Å². The van der Waals surface area contributed by atoms with Gasteiger partial charge in [0.2, 0.25) is 0 Å². The number of carbonyl (C=O) groups is 1. The van der Waals surface area contributed by atoms with Crippen LogP contribution in [0.25, 0.3) is 0 Å². The summed E-state index contributed by atoms with van der Waals surface area (Å²) in [6.45, 7) is 4.42. The second kappa shape index (κ2) is 17.8. The monoisotopic (exact) mass is 388 g/mol. The third-order valence-electron chi connectivity index (χ3n) is 5.43. The van der Waals surface area contributed by atoms with Crippen LogP contribution in [0.5, 0.6) is 5.75 Å². The first-order valence-corrected chi connectivity index (χ1v) is 12.1. The molecule has 2 heteroatoms. The van der Waals surface area contributed by atoms with E-state index < -0.39 is 0 Å². The van der Waals surface area contributed by atoms with Gasteiger partial charge in [0.05, 0.1) is 0 Å². The molecular weight excluding hydrogens is 344 g/mol. The number of rotatable bonds is 18. The van der Waals surface area contributed by atoms with Crippen LogP contribution >= 0.6 is 0 Å². The SMILES string of the molecule is CCCCCCCCCCCCCCc1cccc(OC(=O)CCCCC)c1. The lowest BCUT2D eigenvalue weighted by atomic mass is 10.0. The van der Waals surface area contributed by atoms with Gasteiger partial charge in [-0.05, 0) is 37.0 Å². The highest BCUT2D eigenvalue weighted by Crippen LogP contribution is 2.18. The zero-order chi connectivity index (χ0) is 20.3. The first-order chi connectivity index (χ1) is 13.8. The summed E-state index contributed by atoms with van der Waals surface area (Å²) in [7, 11) is 0. The molecule has 0 atom stereocenters. The van der Waals surface area contributed by atoms with E-state index in [1.165, 1.54) is 82.6 Å². The molecule has 0 fully saturated rings. The van der Waals surface area contributed by atoms with Crippen LogP contribution in [0.15, 0.2) is 24.3 Å². The van der Waals surface area contributed by atoms with Gasteiger partial charge in [0, 0.05) is 6.42 Å². The number of carbonyl (C=O) groups excluding carboxylic acids is 1. The third kappa shape index (κ3) is 13.8. The maximum Gasteiger partial charge on any atom is 0.311 e. The molecular formula is C26H44O2. The zero-order valence-corrected chi connectivity index (χ0v) is 18.6. The van der Waals surface area contributed by atoms with Gasteiger partial charge < -0.3 is 4.74 Å². The summed E-state index contributed by atoms with van der Waals surface area (Å²) < 4.78 is 5.48. The Hall–Kier alpha value is -1.31. The standard InChI is InChI=1S/C26H44O2/c1-3-5-7-8-9-10-11-12-13-14-15-17-19-24-20-18-21-25(23-24)28-26(27)22-16-6-4-2/h18,20-21,23H,3-17,19,22H2,1-2H3. The van der Waals surface area contributed by atoms with E-state index in [2.05, 4.69) is 19.9 Å². The van der Waals surface area contributed by atoms with Gasteiger partial charge in [0.15, 0.2) is 0 Å². The maximum atomic E-state index is 11.8. The fourth-order valence-electron chi connectivity index (χ4n) is 3.64. The van der Waals surface area contributed by atoms with Gasteiger partial charge in [-0.2, -0.15) is 0 Å². The van der Waals surface area contributed by atoms with Crippen molar-refractivity contribution in [2.75, 3.05) is 0 Å². The van der Waals surface area contributed by atoms with Crippen LogP contribution in [0.2, 0.25) is 0 Å². The van der Waals surface area contributed by atoms with Crippen LogP contribution in [-0.4, -0.2) is 5.97 Å². The summed E-state index contributed by atoms with van der Waals surface area (Å²) in [6, 6.07) is 8.08.